The summed E-state index contributed by atoms with van der Waals surface area (Å²) in [6, 6.07) is 8.66. The number of nitriles is 1. The number of benzene rings is 1. The zero-order valence-electron chi connectivity index (χ0n) is 15.8. The highest BCUT2D eigenvalue weighted by atomic mass is 35.5. The molecular formula is C20H20ClN3O4. The number of hydrogen-bond acceptors (Lipinski definition) is 7. The van der Waals surface area contributed by atoms with Crippen LogP contribution in [0.25, 0.3) is 0 Å². The predicted octanol–water partition coefficient (Wildman–Crippen LogP) is 3.46. The van der Waals surface area contributed by atoms with E-state index in [0.717, 1.165) is 0 Å². The van der Waals surface area contributed by atoms with E-state index in [4.69, 9.17) is 21.1 Å². The molecule has 28 heavy (non-hydrogen) atoms. The van der Waals surface area contributed by atoms with Gasteiger partial charge in [-0.1, -0.05) is 17.7 Å². The molecule has 0 aliphatic rings. The number of hydrogen-bond donors (Lipinski definition) is 1. The number of halogens is 1. The summed E-state index contributed by atoms with van der Waals surface area (Å²) in [6.07, 6.45) is 0. The van der Waals surface area contributed by atoms with Crippen molar-refractivity contribution < 1.29 is 19.1 Å². The van der Waals surface area contributed by atoms with Gasteiger partial charge in [-0.05, 0) is 44.5 Å². The summed E-state index contributed by atoms with van der Waals surface area (Å²) in [5, 5.41) is 12.4. The Morgan fingerprint density at radius 1 is 1.32 bits per heavy atom. The minimum absolute atomic E-state index is 0.0986. The fraction of sp³-hybridized carbons (Fsp3) is 0.300. The minimum Gasteiger partial charge on any atom is -0.468 e. The first-order valence-corrected chi connectivity index (χ1v) is 8.97. The van der Waals surface area contributed by atoms with Crippen LogP contribution in [-0.4, -0.2) is 36.5 Å². The first-order valence-electron chi connectivity index (χ1n) is 8.59. The van der Waals surface area contributed by atoms with Gasteiger partial charge in [0.15, 0.2) is 6.61 Å². The lowest BCUT2D eigenvalue weighted by molar-refractivity contribution is -0.140. The number of nitrogens with one attached hydrogen (secondary N) is 1. The van der Waals surface area contributed by atoms with Crippen LogP contribution >= 0.6 is 11.6 Å². The number of aryl methyl sites for hydroxylation is 2. The van der Waals surface area contributed by atoms with Gasteiger partial charge in [-0.3, -0.25) is 9.59 Å². The van der Waals surface area contributed by atoms with Gasteiger partial charge in [-0.25, -0.2) is 4.98 Å². The van der Waals surface area contributed by atoms with E-state index >= 15 is 0 Å². The van der Waals surface area contributed by atoms with Crippen LogP contribution in [0.15, 0.2) is 24.3 Å². The van der Waals surface area contributed by atoms with Crippen molar-refractivity contribution in [1.82, 2.24) is 4.98 Å². The summed E-state index contributed by atoms with van der Waals surface area (Å²) in [5.41, 5.74) is 2.25. The quantitative estimate of drug-likeness (QED) is 0.533. The molecule has 7 nitrogen and oxygen atoms in total. The number of anilines is 1. The van der Waals surface area contributed by atoms with Gasteiger partial charge < -0.3 is 14.8 Å². The van der Waals surface area contributed by atoms with Crippen molar-refractivity contribution in [2.45, 2.75) is 20.8 Å². The second-order valence-corrected chi connectivity index (χ2v) is 6.31. The van der Waals surface area contributed by atoms with Crippen LogP contribution in [0.4, 0.5) is 5.69 Å². The molecule has 0 saturated carbocycles. The molecule has 0 atom stereocenters. The van der Waals surface area contributed by atoms with Gasteiger partial charge >= 0.3 is 5.97 Å². The van der Waals surface area contributed by atoms with Crippen LogP contribution < -0.4 is 10.1 Å². The third-order valence-electron chi connectivity index (χ3n) is 3.78. The Balaban J connectivity index is 2.19. The third-order valence-corrected chi connectivity index (χ3v) is 4.10. The summed E-state index contributed by atoms with van der Waals surface area (Å²) in [6.45, 7) is 5.05. The van der Waals surface area contributed by atoms with Gasteiger partial charge in [0.1, 0.15) is 18.2 Å². The van der Waals surface area contributed by atoms with Gasteiger partial charge in [0.05, 0.1) is 17.2 Å². The molecular weight excluding hydrogens is 382 g/mol. The van der Waals surface area contributed by atoms with Crippen molar-refractivity contribution in [3.63, 3.8) is 0 Å². The number of aromatic nitrogens is 1. The predicted molar refractivity (Wildman–Crippen MR) is 105 cm³/mol. The minimum atomic E-state index is -0.449. The standard InChI is InChI=1S/C20H20ClN3O4/c1-4-27-18(26)10-23-16-7-5-6-15(21)19(16)17(25)11-28-20-14(9-22)12(2)8-13(3)24-20/h5-8,23H,4,10-11H2,1-3H3. The highest BCUT2D eigenvalue weighted by molar-refractivity contribution is 6.34. The zero-order chi connectivity index (χ0) is 20.7. The smallest absolute Gasteiger partial charge is 0.325 e. The number of ether oxygens (including phenoxy) is 2. The SMILES string of the molecule is CCOC(=O)CNc1cccc(Cl)c1C(=O)COc1nc(C)cc(C)c1C#N. The number of rotatable bonds is 8. The average molecular weight is 402 g/mol. The molecule has 0 saturated heterocycles. The number of carbonyl (C=O) groups is 2. The molecule has 0 aliphatic heterocycles. The Labute approximate surface area is 168 Å². The summed E-state index contributed by atoms with van der Waals surface area (Å²) in [7, 11) is 0. The molecule has 8 heteroatoms. The number of nitrogens with zero attached hydrogens (tertiary/aromatic N) is 2. The Morgan fingerprint density at radius 3 is 2.75 bits per heavy atom. The van der Waals surface area contributed by atoms with E-state index in [-0.39, 0.29) is 41.8 Å². The fourth-order valence-electron chi connectivity index (χ4n) is 2.58. The van der Waals surface area contributed by atoms with Crippen molar-refractivity contribution in [2.24, 2.45) is 0 Å². The molecule has 0 unspecified atom stereocenters. The van der Waals surface area contributed by atoms with E-state index in [1.165, 1.54) is 0 Å². The van der Waals surface area contributed by atoms with Gasteiger partial charge in [0.25, 0.3) is 0 Å². The molecule has 0 fully saturated rings. The van der Waals surface area contributed by atoms with Gasteiger partial charge in [-0.2, -0.15) is 5.26 Å². The molecule has 1 heterocycles. The van der Waals surface area contributed by atoms with E-state index in [1.54, 1.807) is 45.0 Å². The highest BCUT2D eigenvalue weighted by Crippen LogP contribution is 2.26. The van der Waals surface area contributed by atoms with Crippen LogP contribution in [-0.2, 0) is 9.53 Å². The molecule has 1 N–H and O–H groups in total. The van der Waals surface area contributed by atoms with E-state index in [9.17, 15) is 14.9 Å². The Hall–Kier alpha value is -3.11. The normalized spacial score (nSPS) is 10.1. The number of esters is 1. The molecule has 0 spiro atoms. The van der Waals surface area contributed by atoms with Crippen molar-refractivity contribution in [1.29, 1.82) is 5.26 Å². The topological polar surface area (TPSA) is 101 Å². The molecule has 1 aromatic carbocycles. The van der Waals surface area contributed by atoms with Gasteiger partial charge in [-0.15, -0.1) is 0 Å². The van der Waals surface area contributed by atoms with E-state index in [2.05, 4.69) is 10.3 Å². The summed E-state index contributed by atoms with van der Waals surface area (Å²) >= 11 is 6.19. The van der Waals surface area contributed by atoms with Gasteiger partial charge in [0.2, 0.25) is 11.7 Å². The van der Waals surface area contributed by atoms with Crippen molar-refractivity contribution in [3.05, 3.63) is 51.7 Å². The Bertz CT molecular complexity index is 938. The lowest BCUT2D eigenvalue weighted by atomic mass is 10.1. The second-order valence-electron chi connectivity index (χ2n) is 5.91. The van der Waals surface area contributed by atoms with Crippen LogP contribution in [0.5, 0.6) is 5.88 Å². The van der Waals surface area contributed by atoms with E-state index < -0.39 is 11.8 Å². The molecule has 2 aromatic rings. The van der Waals surface area contributed by atoms with Crippen LogP contribution in [0.3, 0.4) is 0 Å². The van der Waals surface area contributed by atoms with Crippen LogP contribution in [0.2, 0.25) is 5.02 Å². The van der Waals surface area contributed by atoms with Crippen molar-refractivity contribution in [2.75, 3.05) is 25.1 Å². The summed E-state index contributed by atoms with van der Waals surface area (Å²) < 4.78 is 10.4. The third kappa shape index (κ3) is 5.21. The zero-order valence-corrected chi connectivity index (χ0v) is 16.6. The summed E-state index contributed by atoms with van der Waals surface area (Å²) in [4.78, 5) is 28.5. The molecule has 0 amide bonds. The largest absolute Gasteiger partial charge is 0.468 e. The highest BCUT2D eigenvalue weighted by Gasteiger charge is 2.19. The molecule has 2 rings (SSSR count). The monoisotopic (exact) mass is 401 g/mol. The van der Waals surface area contributed by atoms with Gasteiger partial charge in [0, 0.05) is 11.4 Å². The lowest BCUT2D eigenvalue weighted by Gasteiger charge is -2.13. The first-order chi connectivity index (χ1) is 13.4. The number of carbonyl (C=O) groups excluding carboxylic acids is 2. The van der Waals surface area contributed by atoms with E-state index in [0.29, 0.717) is 16.9 Å². The first kappa shape index (κ1) is 21.2. The number of ketones is 1. The number of pyridine rings is 1. The molecule has 1 aromatic heterocycles. The fourth-order valence-corrected chi connectivity index (χ4v) is 2.86. The van der Waals surface area contributed by atoms with E-state index in [1.807, 2.05) is 6.07 Å². The second kappa shape index (κ2) is 9.72. The van der Waals surface area contributed by atoms with Crippen LogP contribution in [0, 0.1) is 25.2 Å². The Morgan fingerprint density at radius 2 is 2.07 bits per heavy atom. The maximum absolute atomic E-state index is 12.7. The average Bonchev–Trinajstić information content (AvgIpc) is 2.64. The molecule has 0 radical (unpaired) electrons. The summed E-state index contributed by atoms with van der Waals surface area (Å²) in [5.74, 6) is -0.765. The van der Waals surface area contributed by atoms with Crippen molar-refractivity contribution >= 4 is 29.0 Å². The lowest BCUT2D eigenvalue weighted by Crippen LogP contribution is -2.20. The molecule has 0 aliphatic carbocycles. The number of Topliss-reactive ketones (excluding diaryl/α,β-unsaturated/α-hetero) is 1. The molecule has 146 valence electrons. The maximum Gasteiger partial charge on any atom is 0.325 e. The maximum atomic E-state index is 12.7. The van der Waals surface area contributed by atoms with Crippen LogP contribution in [0.1, 0.15) is 34.1 Å². The van der Waals surface area contributed by atoms with Crippen molar-refractivity contribution in [3.8, 4) is 11.9 Å². The molecule has 0 bridgehead atoms. The Kier molecular flexibility index (Phi) is 7.36.